The van der Waals surface area contributed by atoms with Crippen molar-refractivity contribution in [3.63, 3.8) is 0 Å². The number of amides is 3. The molecule has 2 aliphatic heterocycles. The molecule has 0 bridgehead atoms. The molecule has 13 heteroatoms. The van der Waals surface area contributed by atoms with Gasteiger partial charge >= 0.3 is 0 Å². The summed E-state index contributed by atoms with van der Waals surface area (Å²) in [6, 6.07) is 3.26. The number of fused-ring (bicyclic) bond motifs is 2. The number of nitriles is 1. The molecule has 39 heavy (non-hydrogen) atoms. The zero-order chi connectivity index (χ0) is 28.1. The number of alkyl halides is 4. The summed E-state index contributed by atoms with van der Waals surface area (Å²) in [4.78, 5) is 43.2. The molecule has 3 aliphatic rings. The summed E-state index contributed by atoms with van der Waals surface area (Å²) in [7, 11) is 0. The Morgan fingerprint density at radius 2 is 2.05 bits per heavy atom. The van der Waals surface area contributed by atoms with Crippen molar-refractivity contribution in [3.05, 3.63) is 34.5 Å². The molecule has 0 unspecified atom stereocenters. The summed E-state index contributed by atoms with van der Waals surface area (Å²) in [6.07, 6.45) is -2.60. The molecule has 1 aromatic carbocycles. The van der Waals surface area contributed by atoms with Crippen LogP contribution < -0.4 is 10.6 Å². The van der Waals surface area contributed by atoms with E-state index in [4.69, 9.17) is 11.6 Å². The van der Waals surface area contributed by atoms with Crippen LogP contribution in [-0.2, 0) is 9.59 Å². The Morgan fingerprint density at radius 3 is 2.74 bits per heavy atom. The van der Waals surface area contributed by atoms with Crippen LogP contribution in [0.5, 0.6) is 0 Å². The van der Waals surface area contributed by atoms with Crippen LogP contribution in [-0.4, -0.2) is 58.7 Å². The van der Waals surface area contributed by atoms with E-state index >= 15 is 0 Å². The molecule has 0 spiro atoms. The normalized spacial score (nSPS) is 26.8. The molecular weight excluding hydrogens is 542 g/mol. The quantitative estimate of drug-likeness (QED) is 0.454. The maximum Gasteiger partial charge on any atom is 0.271 e. The van der Waals surface area contributed by atoms with Gasteiger partial charge in [0, 0.05) is 42.8 Å². The van der Waals surface area contributed by atoms with Crippen LogP contribution in [0.2, 0.25) is 5.02 Å². The summed E-state index contributed by atoms with van der Waals surface area (Å²) in [5.74, 6) is -6.70. The molecule has 3 heterocycles. The third kappa shape index (κ3) is 5.16. The van der Waals surface area contributed by atoms with Crippen molar-refractivity contribution in [3.8, 4) is 6.07 Å². The minimum Gasteiger partial charge on any atom is -0.356 e. The molecule has 5 atom stereocenters. The second-order valence-electron chi connectivity index (χ2n) is 10.6. The van der Waals surface area contributed by atoms with Gasteiger partial charge in [-0.2, -0.15) is 5.26 Å². The summed E-state index contributed by atoms with van der Waals surface area (Å²) >= 11 is 6.16. The maximum atomic E-state index is 14.3. The van der Waals surface area contributed by atoms with Crippen molar-refractivity contribution >= 4 is 40.2 Å². The first-order valence-electron chi connectivity index (χ1n) is 12.7. The van der Waals surface area contributed by atoms with Gasteiger partial charge in [-0.05, 0) is 43.2 Å². The number of nitrogens with one attached hydrogen (secondary N) is 3. The average Bonchev–Trinajstić information content (AvgIpc) is 3.54. The van der Waals surface area contributed by atoms with Crippen molar-refractivity contribution in [1.82, 2.24) is 20.5 Å². The Morgan fingerprint density at radius 1 is 1.28 bits per heavy atom. The second-order valence-corrected chi connectivity index (χ2v) is 11.0. The van der Waals surface area contributed by atoms with Crippen LogP contribution in [0.15, 0.2) is 18.2 Å². The SMILES string of the molecule is N#C[C@H](C[C@@H]1CCCNC1=O)NC(=O)[C@H]1[C@H]2CC(F)(F)C[C@H]2CN1C(=O)c1cc2c(C(F)F)ccc(Cl)c2[nH]1. The van der Waals surface area contributed by atoms with Gasteiger partial charge in [0.15, 0.2) is 0 Å². The highest BCUT2D eigenvalue weighted by Gasteiger charge is 2.58. The van der Waals surface area contributed by atoms with E-state index in [1.807, 2.05) is 6.07 Å². The Kier molecular flexibility index (Phi) is 7.22. The summed E-state index contributed by atoms with van der Waals surface area (Å²) < 4.78 is 55.7. The first-order chi connectivity index (χ1) is 18.5. The van der Waals surface area contributed by atoms with E-state index < -0.39 is 66.8 Å². The highest BCUT2D eigenvalue weighted by atomic mass is 35.5. The van der Waals surface area contributed by atoms with Crippen molar-refractivity contribution in [2.75, 3.05) is 13.1 Å². The number of carbonyl (C=O) groups is 3. The fourth-order valence-electron chi connectivity index (χ4n) is 6.25. The number of H-pyrrole nitrogens is 1. The largest absolute Gasteiger partial charge is 0.356 e. The lowest BCUT2D eigenvalue weighted by atomic mass is 9.90. The molecule has 5 rings (SSSR count). The topological polar surface area (TPSA) is 118 Å². The van der Waals surface area contributed by atoms with E-state index in [2.05, 4.69) is 15.6 Å². The molecule has 208 valence electrons. The molecular formula is C26H26ClF4N5O3. The van der Waals surface area contributed by atoms with E-state index in [1.54, 1.807) is 0 Å². The molecule has 2 aromatic rings. The van der Waals surface area contributed by atoms with Crippen LogP contribution in [0.25, 0.3) is 10.9 Å². The number of likely N-dealkylation sites (tertiary alicyclic amines) is 1. The van der Waals surface area contributed by atoms with Crippen LogP contribution in [0.4, 0.5) is 17.6 Å². The number of benzene rings is 1. The van der Waals surface area contributed by atoms with Crippen LogP contribution in [0.1, 0.15) is 54.6 Å². The molecule has 2 saturated heterocycles. The minimum absolute atomic E-state index is 0.0445. The maximum absolute atomic E-state index is 14.3. The van der Waals surface area contributed by atoms with Gasteiger partial charge in [0.1, 0.15) is 17.8 Å². The Bertz CT molecular complexity index is 1360. The van der Waals surface area contributed by atoms with Gasteiger partial charge in [-0.15, -0.1) is 0 Å². The summed E-state index contributed by atoms with van der Waals surface area (Å²) in [5.41, 5.74) is -0.319. The molecule has 3 amide bonds. The molecule has 1 aromatic heterocycles. The minimum atomic E-state index is -3.00. The van der Waals surface area contributed by atoms with Crippen molar-refractivity contribution < 1.29 is 31.9 Å². The van der Waals surface area contributed by atoms with Crippen LogP contribution in [0, 0.1) is 29.1 Å². The average molecular weight is 568 g/mol. The van der Waals surface area contributed by atoms with Gasteiger partial charge in [-0.25, -0.2) is 17.6 Å². The van der Waals surface area contributed by atoms with Gasteiger partial charge in [-0.3, -0.25) is 14.4 Å². The van der Waals surface area contributed by atoms with E-state index in [0.29, 0.717) is 13.0 Å². The number of piperidine rings is 1. The Balaban J connectivity index is 1.42. The molecule has 3 N–H and O–H groups in total. The summed E-state index contributed by atoms with van der Waals surface area (Å²) in [5, 5.41) is 15.1. The van der Waals surface area contributed by atoms with E-state index in [-0.39, 0.29) is 46.1 Å². The fourth-order valence-corrected chi connectivity index (χ4v) is 6.47. The number of nitrogens with zero attached hydrogens (tertiary/aromatic N) is 2. The standard InChI is InChI=1S/C26H26ClF4N5O3/c27-18-4-3-15(22(28)29)16-7-19(35-20(16)18)25(39)36-11-13-8-26(30,31)9-17(13)21(36)24(38)34-14(10-32)6-12-2-1-5-33-23(12)37/h3-4,7,12-14,17,21-22,35H,1-2,5-6,8-9,11H2,(H,33,37)(H,34,38)/t12-,13-,14-,17-,21+/m0/s1. The number of halogens is 5. The van der Waals surface area contributed by atoms with Gasteiger partial charge < -0.3 is 20.5 Å². The molecule has 0 radical (unpaired) electrons. The number of rotatable bonds is 6. The summed E-state index contributed by atoms with van der Waals surface area (Å²) in [6.45, 7) is 0.400. The zero-order valence-electron chi connectivity index (χ0n) is 20.7. The predicted molar refractivity (Wildman–Crippen MR) is 132 cm³/mol. The van der Waals surface area contributed by atoms with Crippen molar-refractivity contribution in [2.24, 2.45) is 17.8 Å². The van der Waals surface area contributed by atoms with Crippen molar-refractivity contribution in [2.45, 2.75) is 56.5 Å². The third-order valence-corrected chi connectivity index (χ3v) is 8.35. The molecule has 3 fully saturated rings. The number of aromatic amines is 1. The van der Waals surface area contributed by atoms with Gasteiger partial charge in [0.25, 0.3) is 12.3 Å². The van der Waals surface area contributed by atoms with Crippen molar-refractivity contribution in [1.29, 1.82) is 5.26 Å². The molecule has 8 nitrogen and oxygen atoms in total. The lowest BCUT2D eigenvalue weighted by Crippen LogP contribution is -2.52. The molecule has 1 aliphatic carbocycles. The number of hydrogen-bond donors (Lipinski definition) is 3. The number of carbonyl (C=O) groups excluding carboxylic acids is 3. The Hall–Kier alpha value is -3.33. The second kappa shape index (κ2) is 10.3. The molecule has 1 saturated carbocycles. The highest BCUT2D eigenvalue weighted by molar-refractivity contribution is 6.35. The van der Waals surface area contributed by atoms with Gasteiger partial charge in [0.05, 0.1) is 16.6 Å². The Labute approximate surface area is 226 Å². The predicted octanol–water partition coefficient (Wildman–Crippen LogP) is 4.17. The first kappa shape index (κ1) is 27.2. The lowest BCUT2D eigenvalue weighted by Gasteiger charge is -2.29. The smallest absolute Gasteiger partial charge is 0.271 e. The monoisotopic (exact) mass is 567 g/mol. The van der Waals surface area contributed by atoms with E-state index in [9.17, 15) is 37.2 Å². The number of aromatic nitrogens is 1. The third-order valence-electron chi connectivity index (χ3n) is 8.04. The van der Waals surface area contributed by atoms with Crippen LogP contribution in [0.3, 0.4) is 0 Å². The van der Waals surface area contributed by atoms with E-state index in [1.165, 1.54) is 17.0 Å². The van der Waals surface area contributed by atoms with Crippen LogP contribution >= 0.6 is 11.6 Å². The fraction of sp³-hybridized carbons (Fsp3) is 0.538. The lowest BCUT2D eigenvalue weighted by molar-refractivity contribution is -0.129. The van der Waals surface area contributed by atoms with E-state index in [0.717, 1.165) is 12.5 Å². The highest BCUT2D eigenvalue weighted by Crippen LogP contribution is 2.50. The first-order valence-corrected chi connectivity index (χ1v) is 13.1. The van der Waals surface area contributed by atoms with Gasteiger partial charge in [-0.1, -0.05) is 17.7 Å². The number of hydrogen-bond acceptors (Lipinski definition) is 4. The zero-order valence-corrected chi connectivity index (χ0v) is 21.4. The van der Waals surface area contributed by atoms with Gasteiger partial charge in [0.2, 0.25) is 17.7 Å².